The van der Waals surface area contributed by atoms with Gasteiger partial charge in [-0.05, 0) is 55.5 Å². The van der Waals surface area contributed by atoms with Crippen molar-refractivity contribution in [1.29, 1.82) is 0 Å². The highest BCUT2D eigenvalue weighted by atomic mass is 79.9. The number of thiocarbonyl (C=S) groups is 1. The van der Waals surface area contributed by atoms with Gasteiger partial charge in [-0.1, -0.05) is 52.0 Å². The van der Waals surface area contributed by atoms with Crippen molar-refractivity contribution in [3.05, 3.63) is 81.4 Å². The van der Waals surface area contributed by atoms with Crippen LogP contribution in [-0.4, -0.2) is 16.0 Å². The molecule has 1 saturated heterocycles. The number of Topliss-reactive ketones (excluding diaryl/α,β-unsaturated/α-hetero) is 1. The Morgan fingerprint density at radius 3 is 2.41 bits per heavy atom. The maximum atomic E-state index is 12.9. The highest BCUT2D eigenvalue weighted by molar-refractivity contribution is 9.10. The molecule has 7 heteroatoms. The van der Waals surface area contributed by atoms with E-state index in [1.165, 1.54) is 23.6 Å². The van der Waals surface area contributed by atoms with Crippen LogP contribution in [0.3, 0.4) is 0 Å². The lowest BCUT2D eigenvalue weighted by Crippen LogP contribution is -2.27. The molecule has 2 heterocycles. The Balaban J connectivity index is 1.58. The van der Waals surface area contributed by atoms with E-state index in [-0.39, 0.29) is 11.7 Å². The van der Waals surface area contributed by atoms with Crippen molar-refractivity contribution in [2.24, 2.45) is 0 Å². The Labute approximate surface area is 185 Å². The van der Waals surface area contributed by atoms with E-state index in [4.69, 9.17) is 16.6 Å². The van der Waals surface area contributed by atoms with Gasteiger partial charge in [0.2, 0.25) is 0 Å². The molecule has 1 aliphatic rings. The molecular weight excluding hydrogens is 470 g/mol. The molecule has 3 aromatic rings. The first-order valence-electron chi connectivity index (χ1n) is 8.67. The molecule has 29 heavy (non-hydrogen) atoms. The van der Waals surface area contributed by atoms with Crippen LogP contribution in [0, 0.1) is 0 Å². The highest BCUT2D eigenvalue weighted by Gasteiger charge is 2.33. The summed E-state index contributed by atoms with van der Waals surface area (Å²) in [6.07, 6.45) is 1.70. The average Bonchev–Trinajstić information content (AvgIpc) is 3.27. The van der Waals surface area contributed by atoms with Gasteiger partial charge in [-0.2, -0.15) is 0 Å². The molecule has 0 radical (unpaired) electrons. The predicted molar refractivity (Wildman–Crippen MR) is 124 cm³/mol. The van der Waals surface area contributed by atoms with Crippen LogP contribution in [-0.2, 0) is 4.79 Å². The third-order valence-corrected chi connectivity index (χ3v) is 6.19. The number of ketones is 1. The van der Waals surface area contributed by atoms with Crippen LogP contribution in [0.2, 0.25) is 0 Å². The van der Waals surface area contributed by atoms with Gasteiger partial charge in [0.15, 0.2) is 10.1 Å². The van der Waals surface area contributed by atoms with E-state index in [2.05, 4.69) is 15.9 Å². The zero-order valence-corrected chi connectivity index (χ0v) is 18.4. The van der Waals surface area contributed by atoms with Crippen molar-refractivity contribution in [1.82, 2.24) is 0 Å². The summed E-state index contributed by atoms with van der Waals surface area (Å²) in [5.41, 5.74) is 2.17. The van der Waals surface area contributed by atoms with Crippen molar-refractivity contribution in [3.8, 4) is 11.3 Å². The summed E-state index contributed by atoms with van der Waals surface area (Å²) in [6, 6.07) is 18.3. The Kier molecular flexibility index (Phi) is 5.54. The average molecular weight is 484 g/mol. The minimum Gasteiger partial charge on any atom is -0.457 e. The van der Waals surface area contributed by atoms with Gasteiger partial charge in [-0.15, -0.1) is 0 Å². The zero-order valence-electron chi connectivity index (χ0n) is 15.2. The Morgan fingerprint density at radius 2 is 1.76 bits per heavy atom. The molecule has 1 aromatic heterocycles. The molecule has 144 valence electrons. The number of hydrogen-bond acceptors (Lipinski definition) is 5. The van der Waals surface area contributed by atoms with E-state index >= 15 is 0 Å². The largest absolute Gasteiger partial charge is 0.457 e. The number of furan rings is 1. The number of rotatable bonds is 4. The minimum atomic E-state index is -0.211. The first kappa shape index (κ1) is 19.8. The minimum absolute atomic E-state index is 0.0266. The maximum Gasteiger partial charge on any atom is 0.270 e. The molecule has 0 N–H and O–H groups in total. The lowest BCUT2D eigenvalue weighted by molar-refractivity contribution is -0.113. The van der Waals surface area contributed by atoms with Gasteiger partial charge in [-0.3, -0.25) is 14.5 Å². The first-order chi connectivity index (χ1) is 13.9. The zero-order chi connectivity index (χ0) is 20.5. The number of amides is 1. The summed E-state index contributed by atoms with van der Waals surface area (Å²) in [4.78, 5) is 26.3. The van der Waals surface area contributed by atoms with Crippen molar-refractivity contribution in [2.75, 3.05) is 4.90 Å². The fourth-order valence-corrected chi connectivity index (χ4v) is 4.41. The molecule has 0 aliphatic carbocycles. The lowest BCUT2D eigenvalue weighted by atomic mass is 10.1. The van der Waals surface area contributed by atoms with Gasteiger partial charge in [0.1, 0.15) is 11.5 Å². The number of carbonyl (C=O) groups is 2. The van der Waals surface area contributed by atoms with E-state index in [0.29, 0.717) is 26.2 Å². The van der Waals surface area contributed by atoms with E-state index in [9.17, 15) is 9.59 Å². The van der Waals surface area contributed by atoms with E-state index in [1.807, 2.05) is 36.4 Å². The van der Waals surface area contributed by atoms with Crippen molar-refractivity contribution < 1.29 is 14.0 Å². The SMILES string of the molecule is CC(=O)c1ccc(N2C(=O)/C(=C\c3ccc(-c4ccc(Br)cc4)o3)SC2=S)cc1. The molecule has 1 amide bonds. The second-order valence-electron chi connectivity index (χ2n) is 6.33. The molecule has 2 aromatic carbocycles. The summed E-state index contributed by atoms with van der Waals surface area (Å²) in [5, 5.41) is 0. The first-order valence-corrected chi connectivity index (χ1v) is 10.7. The summed E-state index contributed by atoms with van der Waals surface area (Å²) >= 11 is 10.0. The number of nitrogens with zero attached hydrogens (tertiary/aromatic N) is 1. The normalized spacial score (nSPS) is 15.4. The predicted octanol–water partition coefficient (Wildman–Crippen LogP) is 6.32. The van der Waals surface area contributed by atoms with Gasteiger partial charge < -0.3 is 4.42 Å². The second-order valence-corrected chi connectivity index (χ2v) is 8.92. The van der Waals surface area contributed by atoms with E-state index in [1.54, 1.807) is 30.3 Å². The smallest absolute Gasteiger partial charge is 0.270 e. The second kappa shape index (κ2) is 8.10. The molecule has 4 nitrogen and oxygen atoms in total. The number of hydrogen-bond donors (Lipinski definition) is 0. The summed E-state index contributed by atoms with van der Waals surface area (Å²) in [5.74, 6) is 1.06. The Morgan fingerprint density at radius 1 is 1.07 bits per heavy atom. The van der Waals surface area contributed by atoms with Crippen LogP contribution in [0.4, 0.5) is 5.69 Å². The van der Waals surface area contributed by atoms with Crippen molar-refractivity contribution >= 4 is 67.7 Å². The van der Waals surface area contributed by atoms with Gasteiger partial charge >= 0.3 is 0 Å². The lowest BCUT2D eigenvalue weighted by Gasteiger charge is -2.14. The van der Waals surface area contributed by atoms with Gasteiger partial charge in [0, 0.05) is 21.7 Å². The molecule has 0 unspecified atom stereocenters. The van der Waals surface area contributed by atoms with Crippen LogP contribution in [0.25, 0.3) is 17.4 Å². The molecule has 1 aliphatic heterocycles. The van der Waals surface area contributed by atoms with E-state index in [0.717, 1.165) is 15.8 Å². The number of halogens is 1. The monoisotopic (exact) mass is 483 g/mol. The van der Waals surface area contributed by atoms with E-state index < -0.39 is 0 Å². The number of anilines is 1. The molecule has 0 spiro atoms. The Hall–Kier alpha value is -2.48. The van der Waals surface area contributed by atoms with Crippen LogP contribution in [0.1, 0.15) is 23.0 Å². The maximum absolute atomic E-state index is 12.9. The number of thioether (sulfide) groups is 1. The third kappa shape index (κ3) is 4.12. The summed E-state index contributed by atoms with van der Waals surface area (Å²) in [6.45, 7) is 1.50. The van der Waals surface area contributed by atoms with Crippen LogP contribution in [0.15, 0.2) is 74.5 Å². The summed E-state index contributed by atoms with van der Waals surface area (Å²) in [7, 11) is 0. The molecule has 0 atom stereocenters. The van der Waals surface area contributed by atoms with Crippen LogP contribution < -0.4 is 4.90 Å². The fourth-order valence-electron chi connectivity index (χ4n) is 2.86. The van der Waals surface area contributed by atoms with Gasteiger partial charge in [0.25, 0.3) is 5.91 Å². The van der Waals surface area contributed by atoms with Crippen molar-refractivity contribution in [3.63, 3.8) is 0 Å². The number of benzene rings is 2. The molecule has 0 bridgehead atoms. The van der Waals surface area contributed by atoms with Crippen molar-refractivity contribution in [2.45, 2.75) is 6.92 Å². The van der Waals surface area contributed by atoms with Crippen LogP contribution in [0.5, 0.6) is 0 Å². The summed E-state index contributed by atoms with van der Waals surface area (Å²) < 4.78 is 7.32. The standard InChI is InChI=1S/C22H14BrNO3S2/c1-13(25)14-4-8-17(9-5-14)24-21(26)20(29-22(24)28)12-18-10-11-19(27-18)15-2-6-16(23)7-3-15/h2-12H,1H3/b20-12+. The van der Waals surface area contributed by atoms with Crippen LogP contribution >= 0.6 is 39.9 Å². The van der Waals surface area contributed by atoms with Gasteiger partial charge in [0.05, 0.1) is 10.6 Å². The quantitative estimate of drug-likeness (QED) is 0.247. The Bertz CT molecular complexity index is 1150. The molecule has 4 rings (SSSR count). The topological polar surface area (TPSA) is 50.5 Å². The molecular formula is C22H14BrNO3S2. The highest BCUT2D eigenvalue weighted by Crippen LogP contribution is 2.36. The molecule has 0 saturated carbocycles. The van der Waals surface area contributed by atoms with Gasteiger partial charge in [-0.25, -0.2) is 0 Å². The third-order valence-electron chi connectivity index (χ3n) is 4.35. The fraction of sp³-hybridized carbons (Fsp3) is 0.0455. The number of carbonyl (C=O) groups excluding carboxylic acids is 2. The molecule has 1 fully saturated rings.